The summed E-state index contributed by atoms with van der Waals surface area (Å²) in [5.41, 5.74) is 0. The zero-order chi connectivity index (χ0) is 10.6. The van der Waals surface area contributed by atoms with Gasteiger partial charge in [0.2, 0.25) is 0 Å². The second kappa shape index (κ2) is 10.5. The fraction of sp³-hybridized carbons (Fsp3) is 0.800. The number of nitrogens with zero attached hydrogens (tertiary/aromatic N) is 1. The Balaban J connectivity index is 2.95. The molecule has 0 aromatic carbocycles. The quantitative estimate of drug-likeness (QED) is 0.414. The van der Waals surface area contributed by atoms with Gasteiger partial charge in [-0.25, -0.2) is 0 Å². The van der Waals surface area contributed by atoms with Crippen LogP contribution in [0.5, 0.6) is 0 Å². The lowest BCUT2D eigenvalue weighted by Crippen LogP contribution is -2.34. The van der Waals surface area contributed by atoms with Crippen LogP contribution in [0.15, 0.2) is 12.8 Å². The van der Waals surface area contributed by atoms with E-state index in [1.807, 2.05) is 20.3 Å². The lowest BCUT2D eigenvalue weighted by molar-refractivity contribution is 0.441. The zero-order valence-corrected chi connectivity index (χ0v) is 9.47. The molecule has 0 aliphatic heterocycles. The third-order valence-corrected chi connectivity index (χ3v) is 1.98. The van der Waals surface area contributed by atoms with Gasteiger partial charge in [-0.1, -0.05) is 6.58 Å². The van der Waals surface area contributed by atoms with E-state index in [1.165, 1.54) is 0 Å². The average molecular weight is 200 g/mol. The van der Waals surface area contributed by atoms with E-state index in [2.05, 4.69) is 27.4 Å². The van der Waals surface area contributed by atoms with E-state index < -0.39 is 0 Å². The number of hydrogen-bond acceptors (Lipinski definition) is 4. The van der Waals surface area contributed by atoms with E-state index in [9.17, 15) is 0 Å². The number of nitrogens with one attached hydrogen (secondary N) is 3. The van der Waals surface area contributed by atoms with E-state index in [0.717, 1.165) is 39.3 Å². The molecule has 3 N–H and O–H groups in total. The Bertz CT molecular complexity index is 127. The number of likely N-dealkylation sites (N-methyl/N-ethyl adjacent to an activating group) is 2. The van der Waals surface area contributed by atoms with Crippen LogP contribution in [0.25, 0.3) is 0 Å². The summed E-state index contributed by atoms with van der Waals surface area (Å²) in [7, 11) is 3.99. The molecule has 0 atom stereocenters. The van der Waals surface area contributed by atoms with Crippen molar-refractivity contribution in [1.82, 2.24) is 20.9 Å². The molecule has 0 fully saturated rings. The lowest BCUT2D eigenvalue weighted by Gasteiger charge is -2.13. The predicted octanol–water partition coefficient (Wildman–Crippen LogP) is -0.540. The Labute approximate surface area is 87.7 Å². The molecule has 0 aromatic heterocycles. The summed E-state index contributed by atoms with van der Waals surface area (Å²) in [4.78, 5) is 2.07. The zero-order valence-electron chi connectivity index (χ0n) is 9.47. The predicted molar refractivity (Wildman–Crippen MR) is 62.5 cm³/mol. The molecule has 14 heavy (non-hydrogen) atoms. The van der Waals surface area contributed by atoms with Crippen LogP contribution in [0, 0.1) is 0 Å². The minimum atomic E-state index is 1.01. The van der Waals surface area contributed by atoms with Crippen LogP contribution in [-0.2, 0) is 0 Å². The molecule has 0 unspecified atom stereocenters. The smallest absolute Gasteiger partial charge is 0.0294 e. The van der Waals surface area contributed by atoms with Crippen molar-refractivity contribution in [2.45, 2.75) is 0 Å². The Morgan fingerprint density at radius 1 is 1.07 bits per heavy atom. The monoisotopic (exact) mass is 200 g/mol. The summed E-state index contributed by atoms with van der Waals surface area (Å²) in [5, 5.41) is 9.78. The van der Waals surface area contributed by atoms with E-state index in [1.54, 1.807) is 0 Å². The first-order chi connectivity index (χ1) is 6.81. The molecule has 84 valence electrons. The molecule has 0 radical (unpaired) electrons. The highest BCUT2D eigenvalue weighted by atomic mass is 15.1. The Morgan fingerprint density at radius 3 is 2.21 bits per heavy atom. The van der Waals surface area contributed by atoms with Crippen molar-refractivity contribution in [2.24, 2.45) is 0 Å². The van der Waals surface area contributed by atoms with E-state index in [-0.39, 0.29) is 0 Å². The summed E-state index contributed by atoms with van der Waals surface area (Å²) in [6.45, 7) is 9.82. The Kier molecular flexibility index (Phi) is 10.1. The normalized spacial score (nSPS) is 10.1. The highest BCUT2D eigenvalue weighted by Crippen LogP contribution is 1.77. The minimum absolute atomic E-state index is 1.01. The van der Waals surface area contributed by atoms with E-state index in [0.29, 0.717) is 0 Å². The maximum atomic E-state index is 3.69. The summed E-state index contributed by atoms with van der Waals surface area (Å²) >= 11 is 0. The van der Waals surface area contributed by atoms with Gasteiger partial charge in [-0.3, -0.25) is 0 Å². The summed E-state index contributed by atoms with van der Waals surface area (Å²) < 4.78 is 0. The molecule has 0 bridgehead atoms. The largest absolute Gasteiger partial charge is 0.380 e. The van der Waals surface area contributed by atoms with Gasteiger partial charge in [-0.05, 0) is 13.2 Å². The van der Waals surface area contributed by atoms with Crippen molar-refractivity contribution < 1.29 is 0 Å². The summed E-state index contributed by atoms with van der Waals surface area (Å²) in [6.07, 6.45) is 1.84. The van der Waals surface area contributed by atoms with Crippen molar-refractivity contribution >= 4 is 0 Å². The van der Waals surface area contributed by atoms with E-state index in [4.69, 9.17) is 0 Å². The molecule has 0 amide bonds. The molecule has 0 aliphatic carbocycles. The second-order valence-electron chi connectivity index (χ2n) is 3.27. The lowest BCUT2D eigenvalue weighted by atomic mass is 10.5. The fourth-order valence-electron chi connectivity index (χ4n) is 0.987. The van der Waals surface area contributed by atoms with Crippen molar-refractivity contribution in [3.8, 4) is 0 Å². The SMILES string of the molecule is C=CN(C)CCNCCNCCNC. The molecule has 0 spiro atoms. The number of rotatable bonds is 10. The standard InChI is InChI=1S/C10H24N4/c1-4-14(3)10-9-13-8-7-12-6-5-11-2/h4,11-13H,1,5-10H2,2-3H3. The molecule has 0 saturated heterocycles. The van der Waals surface area contributed by atoms with Crippen LogP contribution in [0.4, 0.5) is 0 Å². The van der Waals surface area contributed by atoms with Crippen molar-refractivity contribution in [1.29, 1.82) is 0 Å². The first kappa shape index (κ1) is 13.4. The molecular weight excluding hydrogens is 176 g/mol. The molecule has 4 nitrogen and oxygen atoms in total. The highest BCUT2D eigenvalue weighted by molar-refractivity contribution is 4.67. The molecule has 0 heterocycles. The first-order valence-electron chi connectivity index (χ1n) is 5.20. The molecular formula is C10H24N4. The van der Waals surface area contributed by atoms with Gasteiger partial charge < -0.3 is 20.9 Å². The van der Waals surface area contributed by atoms with Gasteiger partial charge in [0.05, 0.1) is 0 Å². The van der Waals surface area contributed by atoms with Crippen LogP contribution in [0.3, 0.4) is 0 Å². The van der Waals surface area contributed by atoms with Crippen molar-refractivity contribution in [3.63, 3.8) is 0 Å². The van der Waals surface area contributed by atoms with Gasteiger partial charge in [-0.15, -0.1) is 0 Å². The summed E-state index contributed by atoms with van der Waals surface area (Å²) in [6, 6.07) is 0. The van der Waals surface area contributed by atoms with Crippen LogP contribution >= 0.6 is 0 Å². The van der Waals surface area contributed by atoms with Gasteiger partial charge >= 0.3 is 0 Å². The van der Waals surface area contributed by atoms with Crippen molar-refractivity contribution in [3.05, 3.63) is 12.8 Å². The second-order valence-corrected chi connectivity index (χ2v) is 3.27. The van der Waals surface area contributed by atoms with Gasteiger partial charge in [-0.2, -0.15) is 0 Å². The first-order valence-corrected chi connectivity index (χ1v) is 5.20. The minimum Gasteiger partial charge on any atom is -0.380 e. The van der Waals surface area contributed by atoms with E-state index >= 15 is 0 Å². The van der Waals surface area contributed by atoms with Gasteiger partial charge in [0.1, 0.15) is 0 Å². The fourth-order valence-corrected chi connectivity index (χ4v) is 0.987. The molecule has 4 heteroatoms. The summed E-state index contributed by atoms with van der Waals surface area (Å²) in [5.74, 6) is 0. The average Bonchev–Trinajstić information content (AvgIpc) is 2.21. The van der Waals surface area contributed by atoms with Crippen LogP contribution in [-0.4, -0.2) is 58.3 Å². The Hall–Kier alpha value is -0.580. The van der Waals surface area contributed by atoms with Gasteiger partial charge in [0.15, 0.2) is 0 Å². The third kappa shape index (κ3) is 9.51. The van der Waals surface area contributed by atoms with Crippen LogP contribution in [0.1, 0.15) is 0 Å². The van der Waals surface area contributed by atoms with Crippen molar-refractivity contribution in [2.75, 3.05) is 53.4 Å². The van der Waals surface area contributed by atoms with Crippen LogP contribution in [0.2, 0.25) is 0 Å². The maximum Gasteiger partial charge on any atom is 0.0294 e. The number of hydrogen-bond donors (Lipinski definition) is 3. The third-order valence-electron chi connectivity index (χ3n) is 1.98. The molecule has 0 aromatic rings. The van der Waals surface area contributed by atoms with Crippen LogP contribution < -0.4 is 16.0 Å². The maximum absolute atomic E-state index is 3.69. The molecule has 0 saturated carbocycles. The Morgan fingerprint density at radius 2 is 1.64 bits per heavy atom. The van der Waals surface area contributed by atoms with Gasteiger partial charge in [0, 0.05) is 46.3 Å². The topological polar surface area (TPSA) is 39.3 Å². The molecule has 0 rings (SSSR count). The molecule has 0 aliphatic rings. The van der Waals surface area contributed by atoms with Gasteiger partial charge in [0.25, 0.3) is 0 Å². The highest BCUT2D eigenvalue weighted by Gasteiger charge is 1.90.